The Kier molecular flexibility index (Phi) is 6.23. The van der Waals surface area contributed by atoms with Crippen LogP contribution in [0.2, 0.25) is 0 Å². The van der Waals surface area contributed by atoms with Crippen LogP contribution in [-0.2, 0) is 4.74 Å². The summed E-state index contributed by atoms with van der Waals surface area (Å²) in [5.41, 5.74) is 2.71. The van der Waals surface area contributed by atoms with Crippen molar-refractivity contribution < 1.29 is 4.74 Å². The van der Waals surface area contributed by atoms with Gasteiger partial charge in [0, 0.05) is 19.2 Å². The van der Waals surface area contributed by atoms with Gasteiger partial charge in [0.05, 0.1) is 6.61 Å². The van der Waals surface area contributed by atoms with Gasteiger partial charge in [-0.05, 0) is 30.9 Å². The topological polar surface area (TPSA) is 21.3 Å². The van der Waals surface area contributed by atoms with E-state index in [0.29, 0.717) is 12.0 Å². The van der Waals surface area contributed by atoms with Crippen LogP contribution in [0.3, 0.4) is 0 Å². The summed E-state index contributed by atoms with van der Waals surface area (Å²) in [7, 11) is 0. The lowest BCUT2D eigenvalue weighted by atomic mass is 10.0. The van der Waals surface area contributed by atoms with E-state index in [2.05, 4.69) is 57.3 Å². The lowest BCUT2D eigenvalue weighted by Gasteiger charge is -2.16. The molecule has 0 heterocycles. The fourth-order valence-corrected chi connectivity index (χ4v) is 1.85. The van der Waals surface area contributed by atoms with Gasteiger partial charge < -0.3 is 10.1 Å². The summed E-state index contributed by atoms with van der Waals surface area (Å²) in [6.45, 7) is 11.2. The van der Waals surface area contributed by atoms with Gasteiger partial charge in [0.25, 0.3) is 0 Å². The van der Waals surface area contributed by atoms with E-state index in [1.165, 1.54) is 11.1 Å². The molecule has 0 amide bonds. The van der Waals surface area contributed by atoms with Crippen LogP contribution in [0, 0.1) is 12.8 Å². The molecule has 1 N–H and O–H groups in total. The maximum Gasteiger partial charge on any atom is 0.0591 e. The van der Waals surface area contributed by atoms with Gasteiger partial charge in [-0.3, -0.25) is 0 Å². The van der Waals surface area contributed by atoms with Gasteiger partial charge in [-0.15, -0.1) is 0 Å². The summed E-state index contributed by atoms with van der Waals surface area (Å²) in [6.07, 6.45) is 0. The van der Waals surface area contributed by atoms with Crippen molar-refractivity contribution in [2.45, 2.75) is 33.7 Å². The number of hydrogen-bond donors (Lipinski definition) is 1. The highest BCUT2D eigenvalue weighted by atomic mass is 16.5. The summed E-state index contributed by atoms with van der Waals surface area (Å²) in [4.78, 5) is 0. The van der Waals surface area contributed by atoms with Gasteiger partial charge in [0.2, 0.25) is 0 Å². The largest absolute Gasteiger partial charge is 0.380 e. The summed E-state index contributed by atoms with van der Waals surface area (Å²) < 4.78 is 5.55. The Morgan fingerprint density at radius 1 is 1.18 bits per heavy atom. The molecule has 0 aliphatic heterocycles. The first kappa shape index (κ1) is 14.2. The van der Waals surface area contributed by atoms with E-state index in [1.807, 2.05) is 0 Å². The number of aryl methyl sites for hydroxylation is 1. The van der Waals surface area contributed by atoms with Gasteiger partial charge >= 0.3 is 0 Å². The van der Waals surface area contributed by atoms with Crippen LogP contribution in [0.25, 0.3) is 0 Å². The Labute approximate surface area is 105 Å². The molecule has 2 heteroatoms. The predicted octanol–water partition coefficient (Wildman–Crippen LogP) is 3.32. The van der Waals surface area contributed by atoms with E-state index >= 15 is 0 Å². The maximum atomic E-state index is 5.55. The molecule has 2 nitrogen and oxygen atoms in total. The predicted molar refractivity (Wildman–Crippen MR) is 73.3 cm³/mol. The fraction of sp³-hybridized carbons (Fsp3) is 0.600. The van der Waals surface area contributed by atoms with E-state index in [9.17, 15) is 0 Å². The third kappa shape index (κ3) is 5.33. The smallest absolute Gasteiger partial charge is 0.0591 e. The number of ether oxygens (including phenoxy) is 1. The number of benzene rings is 1. The molecule has 0 saturated carbocycles. The van der Waals surface area contributed by atoms with E-state index in [1.54, 1.807) is 0 Å². The van der Waals surface area contributed by atoms with Crippen molar-refractivity contribution in [1.82, 2.24) is 5.32 Å². The lowest BCUT2D eigenvalue weighted by Crippen LogP contribution is -2.24. The maximum absolute atomic E-state index is 5.55. The van der Waals surface area contributed by atoms with Crippen LogP contribution >= 0.6 is 0 Å². The number of nitrogens with one attached hydrogen (secondary N) is 1. The van der Waals surface area contributed by atoms with Crippen LogP contribution < -0.4 is 5.32 Å². The third-order valence-corrected chi connectivity index (χ3v) is 2.80. The second-order valence-corrected chi connectivity index (χ2v) is 5.00. The van der Waals surface area contributed by atoms with Crippen molar-refractivity contribution in [3.63, 3.8) is 0 Å². The highest BCUT2D eigenvalue weighted by molar-refractivity contribution is 5.28. The number of hydrogen-bond acceptors (Lipinski definition) is 2. The molecule has 0 bridgehead atoms. The molecule has 0 spiro atoms. The highest BCUT2D eigenvalue weighted by Crippen LogP contribution is 2.16. The third-order valence-electron chi connectivity index (χ3n) is 2.80. The van der Waals surface area contributed by atoms with Crippen LogP contribution in [0.4, 0.5) is 0 Å². The Balaban J connectivity index is 2.26. The Bertz CT molecular complexity index is 322. The Hall–Kier alpha value is -0.860. The molecule has 1 atom stereocenters. The summed E-state index contributed by atoms with van der Waals surface area (Å²) in [5.74, 6) is 0.615. The first-order chi connectivity index (χ1) is 8.11. The molecule has 0 radical (unpaired) electrons. The molecule has 1 rings (SSSR count). The van der Waals surface area contributed by atoms with Crippen LogP contribution in [-0.4, -0.2) is 19.8 Å². The minimum absolute atomic E-state index is 0.388. The molecule has 0 unspecified atom stereocenters. The van der Waals surface area contributed by atoms with Crippen LogP contribution in [0.5, 0.6) is 0 Å². The van der Waals surface area contributed by atoms with E-state index in [0.717, 1.165) is 19.8 Å². The van der Waals surface area contributed by atoms with Crippen molar-refractivity contribution >= 4 is 0 Å². The average Bonchev–Trinajstić information content (AvgIpc) is 2.28. The first-order valence-corrected chi connectivity index (χ1v) is 6.48. The van der Waals surface area contributed by atoms with Crippen molar-refractivity contribution in [3.05, 3.63) is 35.4 Å². The summed E-state index contributed by atoms with van der Waals surface area (Å²) in [5, 5.41) is 3.49. The van der Waals surface area contributed by atoms with Crippen molar-refractivity contribution in [2.24, 2.45) is 5.92 Å². The molecular formula is C15H25NO. The average molecular weight is 235 g/mol. The SMILES string of the molecule is Cc1ccccc1[C@@H](C)NCCOCC(C)C. The fourth-order valence-electron chi connectivity index (χ4n) is 1.85. The Morgan fingerprint density at radius 3 is 2.53 bits per heavy atom. The van der Waals surface area contributed by atoms with Gasteiger partial charge in [-0.2, -0.15) is 0 Å². The van der Waals surface area contributed by atoms with Gasteiger partial charge in [-0.1, -0.05) is 38.1 Å². The minimum atomic E-state index is 0.388. The zero-order valence-electron chi connectivity index (χ0n) is 11.5. The second kappa shape index (κ2) is 7.46. The normalized spacial score (nSPS) is 13.0. The Morgan fingerprint density at radius 2 is 1.88 bits per heavy atom. The second-order valence-electron chi connectivity index (χ2n) is 5.00. The first-order valence-electron chi connectivity index (χ1n) is 6.48. The highest BCUT2D eigenvalue weighted by Gasteiger charge is 2.06. The van der Waals surface area contributed by atoms with Crippen molar-refractivity contribution in [2.75, 3.05) is 19.8 Å². The minimum Gasteiger partial charge on any atom is -0.380 e. The zero-order chi connectivity index (χ0) is 12.7. The molecule has 0 aliphatic carbocycles. The summed E-state index contributed by atoms with van der Waals surface area (Å²) >= 11 is 0. The number of rotatable bonds is 7. The molecule has 0 aromatic heterocycles. The molecule has 0 saturated heterocycles. The van der Waals surface area contributed by atoms with E-state index in [-0.39, 0.29) is 0 Å². The molecule has 1 aromatic carbocycles. The van der Waals surface area contributed by atoms with E-state index < -0.39 is 0 Å². The van der Waals surface area contributed by atoms with Crippen molar-refractivity contribution in [3.8, 4) is 0 Å². The summed E-state index contributed by atoms with van der Waals surface area (Å²) in [6, 6.07) is 8.90. The lowest BCUT2D eigenvalue weighted by molar-refractivity contribution is 0.110. The quantitative estimate of drug-likeness (QED) is 0.732. The standard InChI is InChI=1S/C15H25NO/c1-12(2)11-17-10-9-16-14(4)15-8-6-5-7-13(15)3/h5-8,12,14,16H,9-11H2,1-4H3/t14-/m1/s1. The van der Waals surface area contributed by atoms with Gasteiger partial charge in [-0.25, -0.2) is 0 Å². The van der Waals surface area contributed by atoms with Crippen LogP contribution in [0.1, 0.15) is 37.9 Å². The van der Waals surface area contributed by atoms with Crippen LogP contribution in [0.15, 0.2) is 24.3 Å². The van der Waals surface area contributed by atoms with E-state index in [4.69, 9.17) is 4.74 Å². The van der Waals surface area contributed by atoms with Gasteiger partial charge in [0.15, 0.2) is 0 Å². The molecule has 0 aliphatic rings. The molecule has 0 fully saturated rings. The molecule has 17 heavy (non-hydrogen) atoms. The van der Waals surface area contributed by atoms with Crippen molar-refractivity contribution in [1.29, 1.82) is 0 Å². The monoisotopic (exact) mass is 235 g/mol. The molecule has 96 valence electrons. The van der Waals surface area contributed by atoms with Gasteiger partial charge in [0.1, 0.15) is 0 Å². The molecule has 1 aromatic rings. The molecular weight excluding hydrogens is 210 g/mol. The zero-order valence-corrected chi connectivity index (χ0v) is 11.5.